The van der Waals surface area contributed by atoms with Gasteiger partial charge in [0.15, 0.2) is 5.75 Å². The van der Waals surface area contributed by atoms with E-state index in [-0.39, 0.29) is 29.5 Å². The first-order chi connectivity index (χ1) is 12.5. The predicted octanol–water partition coefficient (Wildman–Crippen LogP) is 1.92. The third-order valence-corrected chi connectivity index (χ3v) is 4.23. The Balaban J connectivity index is 1.67. The van der Waals surface area contributed by atoms with Gasteiger partial charge in [-0.05, 0) is 30.2 Å². The highest BCUT2D eigenvalue weighted by Crippen LogP contribution is 2.28. The first-order valence-electron chi connectivity index (χ1n) is 8.00. The SMILES string of the molecule is COc1ccc(C(=O)NCC(=O)N2CCc3ccccc32)cc1[N+](=O)[O-]. The van der Waals surface area contributed by atoms with Gasteiger partial charge in [-0.1, -0.05) is 18.2 Å². The lowest BCUT2D eigenvalue weighted by Crippen LogP contribution is -2.39. The fourth-order valence-corrected chi connectivity index (χ4v) is 2.92. The van der Waals surface area contributed by atoms with Crippen molar-refractivity contribution in [3.63, 3.8) is 0 Å². The zero-order valence-corrected chi connectivity index (χ0v) is 14.1. The van der Waals surface area contributed by atoms with Crippen molar-refractivity contribution in [2.24, 2.45) is 0 Å². The molecule has 2 amide bonds. The van der Waals surface area contributed by atoms with Gasteiger partial charge in [-0.25, -0.2) is 0 Å². The van der Waals surface area contributed by atoms with E-state index in [2.05, 4.69) is 5.32 Å². The van der Waals surface area contributed by atoms with E-state index in [9.17, 15) is 19.7 Å². The molecule has 0 saturated heterocycles. The van der Waals surface area contributed by atoms with Crippen LogP contribution < -0.4 is 15.0 Å². The minimum atomic E-state index is -0.623. The molecule has 3 rings (SSSR count). The molecule has 0 radical (unpaired) electrons. The molecule has 1 heterocycles. The van der Waals surface area contributed by atoms with Gasteiger partial charge in [-0.15, -0.1) is 0 Å². The molecule has 2 aromatic carbocycles. The smallest absolute Gasteiger partial charge is 0.311 e. The van der Waals surface area contributed by atoms with Crippen LogP contribution in [0.3, 0.4) is 0 Å². The van der Waals surface area contributed by atoms with E-state index < -0.39 is 10.8 Å². The van der Waals surface area contributed by atoms with Crippen LogP contribution in [0.4, 0.5) is 11.4 Å². The Morgan fingerprint density at radius 2 is 2.04 bits per heavy atom. The van der Waals surface area contributed by atoms with Crippen LogP contribution in [0.15, 0.2) is 42.5 Å². The van der Waals surface area contributed by atoms with Crippen LogP contribution in [0.5, 0.6) is 5.75 Å². The Labute approximate surface area is 149 Å². The van der Waals surface area contributed by atoms with Crippen LogP contribution in [-0.2, 0) is 11.2 Å². The van der Waals surface area contributed by atoms with E-state index in [1.54, 1.807) is 4.90 Å². The summed E-state index contributed by atoms with van der Waals surface area (Å²) in [4.78, 5) is 36.7. The number of ether oxygens (including phenoxy) is 1. The van der Waals surface area contributed by atoms with Gasteiger partial charge in [0.25, 0.3) is 5.91 Å². The van der Waals surface area contributed by atoms with E-state index >= 15 is 0 Å². The number of para-hydroxylation sites is 1. The Kier molecular flexibility index (Phi) is 4.83. The number of nitrogens with one attached hydrogen (secondary N) is 1. The lowest BCUT2D eigenvalue weighted by molar-refractivity contribution is -0.385. The monoisotopic (exact) mass is 355 g/mol. The molecule has 8 heteroatoms. The van der Waals surface area contributed by atoms with Crippen LogP contribution >= 0.6 is 0 Å². The molecule has 0 saturated carbocycles. The molecule has 0 aliphatic carbocycles. The summed E-state index contributed by atoms with van der Waals surface area (Å²) in [6.07, 6.45) is 0.778. The maximum atomic E-state index is 12.4. The van der Waals surface area contributed by atoms with Gasteiger partial charge in [0.1, 0.15) is 0 Å². The van der Waals surface area contributed by atoms with E-state index in [4.69, 9.17) is 4.74 Å². The number of fused-ring (bicyclic) bond motifs is 1. The summed E-state index contributed by atoms with van der Waals surface area (Å²) in [6.45, 7) is 0.384. The molecule has 0 fully saturated rings. The van der Waals surface area contributed by atoms with Crippen molar-refractivity contribution in [3.8, 4) is 5.75 Å². The van der Waals surface area contributed by atoms with Gasteiger partial charge in [-0.2, -0.15) is 0 Å². The molecule has 1 aliphatic rings. The zero-order chi connectivity index (χ0) is 18.7. The topological polar surface area (TPSA) is 102 Å². The van der Waals surface area contributed by atoms with Crippen LogP contribution in [0.2, 0.25) is 0 Å². The number of rotatable bonds is 5. The molecular formula is C18H17N3O5. The summed E-state index contributed by atoms with van der Waals surface area (Å²) in [6, 6.07) is 11.5. The Morgan fingerprint density at radius 1 is 1.27 bits per heavy atom. The Hall–Kier alpha value is -3.42. The van der Waals surface area contributed by atoms with E-state index in [1.165, 1.54) is 19.2 Å². The number of amides is 2. The van der Waals surface area contributed by atoms with Gasteiger partial charge >= 0.3 is 5.69 Å². The molecule has 0 aromatic heterocycles. The number of nitrogens with zero attached hydrogens (tertiary/aromatic N) is 2. The molecule has 1 N–H and O–H groups in total. The van der Waals surface area contributed by atoms with E-state index in [1.807, 2.05) is 24.3 Å². The van der Waals surface area contributed by atoms with E-state index in [0.717, 1.165) is 23.7 Å². The molecule has 0 spiro atoms. The number of nitro benzene ring substituents is 1. The second-order valence-electron chi connectivity index (χ2n) is 5.75. The van der Waals surface area contributed by atoms with Gasteiger partial charge in [0, 0.05) is 23.9 Å². The summed E-state index contributed by atoms with van der Waals surface area (Å²) in [5.41, 5.74) is 1.73. The molecule has 0 atom stereocenters. The van der Waals surface area contributed by atoms with Crippen LogP contribution in [0.1, 0.15) is 15.9 Å². The highest BCUT2D eigenvalue weighted by molar-refractivity contribution is 6.01. The number of methoxy groups -OCH3 is 1. The first-order valence-corrected chi connectivity index (χ1v) is 8.00. The molecular weight excluding hydrogens is 338 g/mol. The quantitative estimate of drug-likeness (QED) is 0.652. The van der Waals surface area contributed by atoms with Gasteiger partial charge in [-0.3, -0.25) is 19.7 Å². The Morgan fingerprint density at radius 3 is 2.77 bits per heavy atom. The Bertz CT molecular complexity index is 881. The average Bonchev–Trinajstić information content (AvgIpc) is 3.09. The number of hydrogen-bond donors (Lipinski definition) is 1. The number of benzene rings is 2. The summed E-state index contributed by atoms with van der Waals surface area (Å²) in [7, 11) is 1.31. The van der Waals surface area contributed by atoms with Crippen molar-refractivity contribution >= 4 is 23.2 Å². The normalized spacial score (nSPS) is 12.4. The summed E-state index contributed by atoms with van der Waals surface area (Å²) in [5, 5.41) is 13.6. The summed E-state index contributed by atoms with van der Waals surface area (Å²) in [5.74, 6) is -0.723. The number of carbonyl (C=O) groups excluding carboxylic acids is 2. The van der Waals surface area contributed by atoms with Crippen molar-refractivity contribution in [2.75, 3.05) is 25.1 Å². The first kappa shape index (κ1) is 17.4. The van der Waals surface area contributed by atoms with Gasteiger partial charge in [0.2, 0.25) is 5.91 Å². The highest BCUT2D eigenvalue weighted by Gasteiger charge is 2.24. The molecule has 1 aliphatic heterocycles. The largest absolute Gasteiger partial charge is 0.490 e. The number of anilines is 1. The fraction of sp³-hybridized carbons (Fsp3) is 0.222. The van der Waals surface area contributed by atoms with Crippen molar-refractivity contribution in [1.82, 2.24) is 5.32 Å². The van der Waals surface area contributed by atoms with Crippen LogP contribution in [0, 0.1) is 10.1 Å². The molecule has 0 bridgehead atoms. The lowest BCUT2D eigenvalue weighted by atomic mass is 10.1. The van der Waals surface area contributed by atoms with E-state index in [0.29, 0.717) is 6.54 Å². The van der Waals surface area contributed by atoms with Crippen LogP contribution in [0.25, 0.3) is 0 Å². The second kappa shape index (κ2) is 7.22. The molecule has 8 nitrogen and oxygen atoms in total. The average molecular weight is 355 g/mol. The summed E-state index contributed by atoms with van der Waals surface area (Å²) < 4.78 is 4.91. The maximum Gasteiger partial charge on any atom is 0.311 e. The predicted molar refractivity (Wildman–Crippen MR) is 94.5 cm³/mol. The standard InChI is InChI=1S/C18H17N3O5/c1-26-16-7-6-13(10-15(16)21(24)25)18(23)19-11-17(22)20-9-8-12-4-2-3-5-14(12)20/h2-7,10H,8-9,11H2,1H3,(H,19,23). The molecule has 26 heavy (non-hydrogen) atoms. The minimum absolute atomic E-state index is 0.0660. The summed E-state index contributed by atoms with van der Waals surface area (Å²) >= 11 is 0. The van der Waals surface area contributed by atoms with Crippen molar-refractivity contribution in [3.05, 3.63) is 63.7 Å². The number of hydrogen-bond acceptors (Lipinski definition) is 5. The zero-order valence-electron chi connectivity index (χ0n) is 14.1. The van der Waals surface area contributed by atoms with Gasteiger partial charge < -0.3 is 15.0 Å². The van der Waals surface area contributed by atoms with Crippen molar-refractivity contribution < 1.29 is 19.2 Å². The van der Waals surface area contributed by atoms with Crippen molar-refractivity contribution in [1.29, 1.82) is 0 Å². The molecule has 2 aromatic rings. The maximum absolute atomic E-state index is 12.4. The van der Waals surface area contributed by atoms with Crippen molar-refractivity contribution in [2.45, 2.75) is 6.42 Å². The molecule has 0 unspecified atom stereocenters. The number of carbonyl (C=O) groups is 2. The second-order valence-corrected chi connectivity index (χ2v) is 5.75. The van der Waals surface area contributed by atoms with Crippen LogP contribution in [-0.4, -0.2) is 36.9 Å². The lowest BCUT2D eigenvalue weighted by Gasteiger charge is -2.17. The fourth-order valence-electron chi connectivity index (χ4n) is 2.92. The third kappa shape index (κ3) is 3.34. The van der Waals surface area contributed by atoms with Gasteiger partial charge in [0.05, 0.1) is 18.6 Å². The third-order valence-electron chi connectivity index (χ3n) is 4.23. The number of nitro groups is 1. The molecule has 134 valence electrons. The highest BCUT2D eigenvalue weighted by atomic mass is 16.6. The minimum Gasteiger partial charge on any atom is -0.490 e.